The molecule has 6 heteroatoms. The molecule has 0 bridgehead atoms. The van der Waals surface area contributed by atoms with Crippen molar-refractivity contribution >= 4 is 16.5 Å². The number of aromatic nitrogens is 2. The predicted octanol–water partition coefficient (Wildman–Crippen LogP) is 3.75. The van der Waals surface area contributed by atoms with Crippen molar-refractivity contribution in [2.24, 2.45) is 5.92 Å². The topological polar surface area (TPSA) is 58.0 Å². The van der Waals surface area contributed by atoms with Crippen LogP contribution in [-0.4, -0.2) is 15.3 Å². The Bertz CT molecular complexity index is 586. The molecule has 0 fully saturated rings. The number of aromatic hydroxyl groups is 1. The molecule has 1 aromatic heterocycles. The molecule has 1 atom stereocenters. The number of hydrogen-bond donors (Lipinski definition) is 2. The SMILES string of the molecule is CC(C)Cc1nnc(NC(C)c2ccc(O)cc2F)s1. The molecule has 0 spiro atoms. The Labute approximate surface area is 121 Å². The molecule has 0 saturated heterocycles. The summed E-state index contributed by atoms with van der Waals surface area (Å²) in [7, 11) is 0. The highest BCUT2D eigenvalue weighted by atomic mass is 32.1. The van der Waals surface area contributed by atoms with Gasteiger partial charge in [0.1, 0.15) is 16.6 Å². The summed E-state index contributed by atoms with van der Waals surface area (Å²) in [5.41, 5.74) is 0.489. The van der Waals surface area contributed by atoms with E-state index < -0.39 is 5.82 Å². The average Bonchev–Trinajstić information content (AvgIpc) is 2.75. The fourth-order valence-corrected chi connectivity index (χ4v) is 2.91. The summed E-state index contributed by atoms with van der Waals surface area (Å²) in [6, 6.07) is 3.91. The van der Waals surface area contributed by atoms with Crippen molar-refractivity contribution in [3.05, 3.63) is 34.6 Å². The Hall–Kier alpha value is -1.69. The van der Waals surface area contributed by atoms with Gasteiger partial charge >= 0.3 is 0 Å². The fourth-order valence-electron chi connectivity index (χ4n) is 1.87. The molecule has 0 radical (unpaired) electrons. The average molecular weight is 295 g/mol. The quantitative estimate of drug-likeness (QED) is 0.882. The Morgan fingerprint density at radius 2 is 2.05 bits per heavy atom. The first-order valence-corrected chi connectivity index (χ1v) is 7.34. The molecule has 0 amide bonds. The highest BCUT2D eigenvalue weighted by Gasteiger charge is 2.14. The zero-order chi connectivity index (χ0) is 14.7. The van der Waals surface area contributed by atoms with E-state index in [1.807, 2.05) is 6.92 Å². The van der Waals surface area contributed by atoms with Gasteiger partial charge < -0.3 is 10.4 Å². The van der Waals surface area contributed by atoms with Crippen LogP contribution in [0.1, 0.15) is 37.4 Å². The zero-order valence-electron chi connectivity index (χ0n) is 11.7. The molecule has 2 aromatic rings. The van der Waals surface area contributed by atoms with Crippen LogP contribution in [0.15, 0.2) is 18.2 Å². The third kappa shape index (κ3) is 3.66. The van der Waals surface area contributed by atoms with Crippen molar-refractivity contribution in [2.45, 2.75) is 33.2 Å². The van der Waals surface area contributed by atoms with Gasteiger partial charge in [0.25, 0.3) is 0 Å². The second kappa shape index (κ2) is 6.17. The molecule has 20 heavy (non-hydrogen) atoms. The summed E-state index contributed by atoms with van der Waals surface area (Å²) >= 11 is 1.49. The number of rotatable bonds is 5. The molecule has 0 aliphatic heterocycles. The standard InChI is InChI=1S/C14H18FN3OS/c1-8(2)6-13-17-18-14(20-13)16-9(3)11-5-4-10(19)7-12(11)15/h4-5,7-9,19H,6H2,1-3H3,(H,16,18). The van der Waals surface area contributed by atoms with Crippen LogP contribution in [0.2, 0.25) is 0 Å². The predicted molar refractivity (Wildman–Crippen MR) is 78.6 cm³/mol. The van der Waals surface area contributed by atoms with Crippen molar-refractivity contribution in [3.63, 3.8) is 0 Å². The normalized spacial score (nSPS) is 12.7. The monoisotopic (exact) mass is 295 g/mol. The van der Waals surface area contributed by atoms with E-state index in [2.05, 4.69) is 29.4 Å². The van der Waals surface area contributed by atoms with Crippen LogP contribution >= 0.6 is 11.3 Å². The van der Waals surface area contributed by atoms with Crippen LogP contribution in [0.3, 0.4) is 0 Å². The van der Waals surface area contributed by atoms with Crippen LogP contribution < -0.4 is 5.32 Å². The van der Waals surface area contributed by atoms with E-state index in [0.29, 0.717) is 16.6 Å². The van der Waals surface area contributed by atoms with Crippen molar-refractivity contribution in [1.82, 2.24) is 10.2 Å². The van der Waals surface area contributed by atoms with E-state index in [0.717, 1.165) is 17.5 Å². The largest absolute Gasteiger partial charge is 0.508 e. The molecule has 0 aliphatic rings. The lowest BCUT2D eigenvalue weighted by Gasteiger charge is -2.13. The lowest BCUT2D eigenvalue weighted by Crippen LogP contribution is -2.08. The molecule has 0 aliphatic carbocycles. The van der Waals surface area contributed by atoms with Gasteiger partial charge in [-0.15, -0.1) is 10.2 Å². The van der Waals surface area contributed by atoms with Crippen LogP contribution in [0, 0.1) is 11.7 Å². The first kappa shape index (κ1) is 14.7. The molecule has 1 heterocycles. The van der Waals surface area contributed by atoms with Gasteiger partial charge in [-0.25, -0.2) is 4.39 Å². The van der Waals surface area contributed by atoms with E-state index in [9.17, 15) is 9.50 Å². The lowest BCUT2D eigenvalue weighted by molar-refractivity contribution is 0.467. The number of phenols is 1. The van der Waals surface area contributed by atoms with Crippen molar-refractivity contribution < 1.29 is 9.50 Å². The summed E-state index contributed by atoms with van der Waals surface area (Å²) in [6.45, 7) is 6.10. The smallest absolute Gasteiger partial charge is 0.206 e. The maximum Gasteiger partial charge on any atom is 0.206 e. The summed E-state index contributed by atoms with van der Waals surface area (Å²) < 4.78 is 13.7. The molecular formula is C14H18FN3OS. The first-order valence-electron chi connectivity index (χ1n) is 6.53. The maximum absolute atomic E-state index is 13.7. The van der Waals surface area contributed by atoms with Crippen molar-refractivity contribution in [1.29, 1.82) is 0 Å². The summed E-state index contributed by atoms with van der Waals surface area (Å²) in [6.07, 6.45) is 0.890. The van der Waals surface area contributed by atoms with Gasteiger partial charge in [0.2, 0.25) is 5.13 Å². The second-order valence-electron chi connectivity index (χ2n) is 5.17. The van der Waals surface area contributed by atoms with Crippen LogP contribution in [0.5, 0.6) is 5.75 Å². The van der Waals surface area contributed by atoms with Gasteiger partial charge in [0.05, 0.1) is 6.04 Å². The Morgan fingerprint density at radius 1 is 1.30 bits per heavy atom. The number of nitrogens with zero attached hydrogens (tertiary/aromatic N) is 2. The first-order chi connectivity index (χ1) is 9.45. The molecule has 0 saturated carbocycles. The van der Waals surface area contributed by atoms with E-state index in [-0.39, 0.29) is 11.8 Å². The fraction of sp³-hybridized carbons (Fsp3) is 0.429. The molecular weight excluding hydrogens is 277 g/mol. The summed E-state index contributed by atoms with van der Waals surface area (Å²) in [5.74, 6) is 0.0215. The minimum atomic E-state index is -0.433. The van der Waals surface area contributed by atoms with E-state index >= 15 is 0 Å². The number of anilines is 1. The van der Waals surface area contributed by atoms with E-state index in [1.54, 1.807) is 6.07 Å². The van der Waals surface area contributed by atoms with Gasteiger partial charge in [-0.05, 0) is 18.9 Å². The number of phenolic OH excluding ortho intramolecular Hbond substituents is 1. The molecule has 1 unspecified atom stereocenters. The van der Waals surface area contributed by atoms with Gasteiger partial charge in [-0.1, -0.05) is 31.3 Å². The Balaban J connectivity index is 2.07. The Kier molecular flexibility index (Phi) is 4.54. The van der Waals surface area contributed by atoms with E-state index in [4.69, 9.17) is 0 Å². The molecule has 4 nitrogen and oxygen atoms in total. The highest BCUT2D eigenvalue weighted by Crippen LogP contribution is 2.26. The highest BCUT2D eigenvalue weighted by molar-refractivity contribution is 7.15. The molecule has 108 valence electrons. The second-order valence-corrected chi connectivity index (χ2v) is 6.23. The van der Waals surface area contributed by atoms with Gasteiger partial charge in [0.15, 0.2) is 0 Å². The number of halogens is 1. The van der Waals surface area contributed by atoms with Crippen LogP contribution in [0.25, 0.3) is 0 Å². The molecule has 2 rings (SSSR count). The van der Waals surface area contributed by atoms with Crippen molar-refractivity contribution in [3.8, 4) is 5.75 Å². The third-order valence-electron chi connectivity index (χ3n) is 2.84. The van der Waals surface area contributed by atoms with Gasteiger partial charge in [-0.2, -0.15) is 0 Å². The third-order valence-corrected chi connectivity index (χ3v) is 3.72. The number of benzene rings is 1. The Morgan fingerprint density at radius 3 is 2.70 bits per heavy atom. The maximum atomic E-state index is 13.7. The van der Waals surface area contributed by atoms with Crippen LogP contribution in [0.4, 0.5) is 9.52 Å². The minimum Gasteiger partial charge on any atom is -0.508 e. The van der Waals surface area contributed by atoms with E-state index in [1.165, 1.54) is 17.4 Å². The minimum absolute atomic E-state index is 0.0754. The summed E-state index contributed by atoms with van der Waals surface area (Å²) in [4.78, 5) is 0. The number of nitrogens with one attached hydrogen (secondary N) is 1. The summed E-state index contributed by atoms with van der Waals surface area (Å²) in [5, 5.41) is 22.2. The van der Waals surface area contributed by atoms with Crippen LogP contribution in [-0.2, 0) is 6.42 Å². The van der Waals surface area contributed by atoms with Gasteiger partial charge in [0, 0.05) is 18.1 Å². The van der Waals surface area contributed by atoms with Gasteiger partial charge in [-0.3, -0.25) is 0 Å². The number of hydrogen-bond acceptors (Lipinski definition) is 5. The lowest BCUT2D eigenvalue weighted by atomic mass is 10.1. The zero-order valence-corrected chi connectivity index (χ0v) is 12.5. The van der Waals surface area contributed by atoms with Crippen molar-refractivity contribution in [2.75, 3.05) is 5.32 Å². The molecule has 2 N–H and O–H groups in total. The molecule has 1 aromatic carbocycles.